The molecule has 1 aromatic carbocycles. The van der Waals surface area contributed by atoms with Crippen LogP contribution in [0.4, 0.5) is 0 Å². The Labute approximate surface area is 104 Å². The molecule has 0 unspecified atom stereocenters. The molecule has 2 heteroatoms. The van der Waals surface area contributed by atoms with Gasteiger partial charge in [-0.3, -0.25) is 0 Å². The number of hydrogen-bond acceptors (Lipinski definition) is 2. The van der Waals surface area contributed by atoms with E-state index in [2.05, 4.69) is 25.1 Å². The van der Waals surface area contributed by atoms with Crippen LogP contribution in [-0.4, -0.2) is 6.61 Å². The Hall–Kier alpha value is -1.02. The van der Waals surface area contributed by atoms with Gasteiger partial charge in [0.2, 0.25) is 0 Å². The van der Waals surface area contributed by atoms with Gasteiger partial charge >= 0.3 is 0 Å². The Morgan fingerprint density at radius 1 is 1.35 bits per heavy atom. The van der Waals surface area contributed by atoms with Gasteiger partial charge in [-0.05, 0) is 44.2 Å². The van der Waals surface area contributed by atoms with Crippen molar-refractivity contribution in [3.8, 4) is 5.75 Å². The van der Waals surface area contributed by atoms with E-state index < -0.39 is 0 Å². The van der Waals surface area contributed by atoms with Crippen molar-refractivity contribution in [1.82, 2.24) is 0 Å². The minimum absolute atomic E-state index is 0.0363. The third kappa shape index (κ3) is 3.22. The Balaban J connectivity index is 2.04. The second-order valence-corrected chi connectivity index (χ2v) is 5.29. The van der Waals surface area contributed by atoms with Crippen LogP contribution in [0.3, 0.4) is 0 Å². The summed E-state index contributed by atoms with van der Waals surface area (Å²) in [6.45, 7) is 4.95. The topological polar surface area (TPSA) is 35.2 Å². The zero-order chi connectivity index (χ0) is 12.3. The van der Waals surface area contributed by atoms with E-state index in [0.29, 0.717) is 0 Å². The third-order valence-electron chi connectivity index (χ3n) is 3.61. The van der Waals surface area contributed by atoms with Gasteiger partial charge in [0, 0.05) is 11.6 Å². The molecule has 2 rings (SSSR count). The fourth-order valence-electron chi connectivity index (χ4n) is 2.53. The summed E-state index contributed by atoms with van der Waals surface area (Å²) in [6.07, 6.45) is 5.36. The first-order valence-electron chi connectivity index (χ1n) is 6.65. The minimum Gasteiger partial charge on any atom is -0.493 e. The molecule has 2 nitrogen and oxygen atoms in total. The number of rotatable bonds is 4. The Kier molecular flexibility index (Phi) is 4.06. The van der Waals surface area contributed by atoms with Crippen molar-refractivity contribution in [2.75, 3.05) is 6.61 Å². The first-order valence-corrected chi connectivity index (χ1v) is 6.65. The van der Waals surface area contributed by atoms with Gasteiger partial charge in [-0.1, -0.05) is 25.0 Å². The second-order valence-electron chi connectivity index (χ2n) is 5.29. The average Bonchev–Trinajstić information content (AvgIpc) is 2.78. The van der Waals surface area contributed by atoms with Gasteiger partial charge in [0.05, 0.1) is 6.61 Å². The summed E-state index contributed by atoms with van der Waals surface area (Å²) in [4.78, 5) is 0. The van der Waals surface area contributed by atoms with E-state index in [9.17, 15) is 0 Å². The summed E-state index contributed by atoms with van der Waals surface area (Å²) in [7, 11) is 0. The van der Waals surface area contributed by atoms with Gasteiger partial charge in [-0.15, -0.1) is 0 Å². The van der Waals surface area contributed by atoms with Crippen LogP contribution in [0.15, 0.2) is 18.2 Å². The van der Waals surface area contributed by atoms with Crippen LogP contribution in [0.5, 0.6) is 5.75 Å². The normalized spacial score (nSPS) is 18.3. The summed E-state index contributed by atoms with van der Waals surface area (Å²) in [5.41, 5.74) is 8.32. The van der Waals surface area contributed by atoms with Gasteiger partial charge < -0.3 is 10.5 Å². The van der Waals surface area contributed by atoms with Crippen LogP contribution in [-0.2, 0) is 0 Å². The number of hydrogen-bond donors (Lipinski definition) is 1. The molecule has 17 heavy (non-hydrogen) atoms. The smallest absolute Gasteiger partial charge is 0.124 e. The third-order valence-corrected chi connectivity index (χ3v) is 3.61. The lowest BCUT2D eigenvalue weighted by Gasteiger charge is -2.17. The van der Waals surface area contributed by atoms with Crippen LogP contribution in [0.2, 0.25) is 0 Å². The lowest BCUT2D eigenvalue weighted by molar-refractivity contribution is 0.249. The maximum Gasteiger partial charge on any atom is 0.124 e. The van der Waals surface area contributed by atoms with E-state index in [1.54, 1.807) is 0 Å². The van der Waals surface area contributed by atoms with Crippen molar-refractivity contribution in [2.45, 2.75) is 45.6 Å². The van der Waals surface area contributed by atoms with Crippen molar-refractivity contribution < 1.29 is 4.74 Å². The highest BCUT2D eigenvalue weighted by atomic mass is 16.5. The predicted molar refractivity (Wildman–Crippen MR) is 71.2 cm³/mol. The highest BCUT2D eigenvalue weighted by Gasteiger charge is 2.16. The Bertz CT molecular complexity index is 367. The highest BCUT2D eigenvalue weighted by molar-refractivity contribution is 5.38. The lowest BCUT2D eigenvalue weighted by Crippen LogP contribution is -2.12. The summed E-state index contributed by atoms with van der Waals surface area (Å²) in [5.74, 6) is 1.73. The molecule has 94 valence electrons. The lowest BCUT2D eigenvalue weighted by atomic mass is 10.1. The standard InChI is InChI=1S/C15H23NO/c1-11-7-8-14(12(2)16)15(9-11)17-10-13-5-3-4-6-13/h7-9,12-13H,3-6,10,16H2,1-2H3/t12-/m0/s1. The van der Waals surface area contributed by atoms with E-state index in [-0.39, 0.29) is 6.04 Å². The average molecular weight is 233 g/mol. The quantitative estimate of drug-likeness (QED) is 0.862. The largest absolute Gasteiger partial charge is 0.493 e. The van der Waals surface area contributed by atoms with E-state index in [0.717, 1.165) is 23.8 Å². The van der Waals surface area contributed by atoms with Crippen LogP contribution in [0, 0.1) is 12.8 Å². The van der Waals surface area contributed by atoms with Crippen LogP contribution in [0.1, 0.15) is 49.8 Å². The van der Waals surface area contributed by atoms with E-state index in [1.165, 1.54) is 31.2 Å². The summed E-state index contributed by atoms with van der Waals surface area (Å²) in [6, 6.07) is 6.33. The van der Waals surface area contributed by atoms with E-state index in [4.69, 9.17) is 10.5 Å². The molecule has 1 atom stereocenters. The SMILES string of the molecule is Cc1ccc([C@H](C)N)c(OCC2CCCC2)c1. The van der Waals surface area contributed by atoms with Gasteiger partial charge in [0.15, 0.2) is 0 Å². The fourth-order valence-corrected chi connectivity index (χ4v) is 2.53. The number of aryl methyl sites for hydroxylation is 1. The van der Waals surface area contributed by atoms with E-state index in [1.807, 2.05) is 6.92 Å². The fraction of sp³-hybridized carbons (Fsp3) is 0.600. The molecule has 0 aliphatic heterocycles. The van der Waals surface area contributed by atoms with Crippen molar-refractivity contribution in [2.24, 2.45) is 11.7 Å². The monoisotopic (exact) mass is 233 g/mol. The second kappa shape index (κ2) is 5.54. The molecule has 0 amide bonds. The van der Waals surface area contributed by atoms with Crippen molar-refractivity contribution >= 4 is 0 Å². The Morgan fingerprint density at radius 2 is 2.06 bits per heavy atom. The predicted octanol–water partition coefficient (Wildman–Crippen LogP) is 3.58. The van der Waals surface area contributed by atoms with Gasteiger partial charge in [0.25, 0.3) is 0 Å². The summed E-state index contributed by atoms with van der Waals surface area (Å²) >= 11 is 0. The molecule has 0 aromatic heterocycles. The highest BCUT2D eigenvalue weighted by Crippen LogP contribution is 2.29. The van der Waals surface area contributed by atoms with Gasteiger partial charge in [-0.25, -0.2) is 0 Å². The maximum absolute atomic E-state index is 5.98. The molecule has 0 spiro atoms. The van der Waals surface area contributed by atoms with Crippen molar-refractivity contribution in [3.05, 3.63) is 29.3 Å². The maximum atomic E-state index is 5.98. The number of benzene rings is 1. The van der Waals surface area contributed by atoms with E-state index >= 15 is 0 Å². The molecule has 0 saturated heterocycles. The molecule has 1 aliphatic rings. The number of ether oxygens (including phenoxy) is 1. The zero-order valence-corrected chi connectivity index (χ0v) is 10.9. The molecule has 0 radical (unpaired) electrons. The Morgan fingerprint density at radius 3 is 2.71 bits per heavy atom. The van der Waals surface area contributed by atoms with Crippen LogP contribution >= 0.6 is 0 Å². The molecule has 0 bridgehead atoms. The molecule has 0 heterocycles. The molecule has 1 aromatic rings. The van der Waals surface area contributed by atoms with Gasteiger partial charge in [0.1, 0.15) is 5.75 Å². The molecule has 1 saturated carbocycles. The van der Waals surface area contributed by atoms with Crippen LogP contribution in [0.25, 0.3) is 0 Å². The van der Waals surface area contributed by atoms with Gasteiger partial charge in [-0.2, -0.15) is 0 Å². The zero-order valence-electron chi connectivity index (χ0n) is 10.9. The summed E-state index contributed by atoms with van der Waals surface area (Å²) in [5, 5.41) is 0. The first kappa shape index (κ1) is 12.4. The molecular weight excluding hydrogens is 210 g/mol. The summed E-state index contributed by atoms with van der Waals surface area (Å²) < 4.78 is 5.98. The molecular formula is C15H23NO. The minimum atomic E-state index is 0.0363. The molecule has 2 N–H and O–H groups in total. The first-order chi connectivity index (χ1) is 8.16. The number of nitrogens with two attached hydrogens (primary N) is 1. The molecule has 1 aliphatic carbocycles. The molecule has 1 fully saturated rings. The van der Waals surface area contributed by atoms with Crippen molar-refractivity contribution in [3.63, 3.8) is 0 Å². The van der Waals surface area contributed by atoms with Crippen molar-refractivity contribution in [1.29, 1.82) is 0 Å². The van der Waals surface area contributed by atoms with Crippen LogP contribution < -0.4 is 10.5 Å².